The van der Waals surface area contributed by atoms with E-state index in [4.69, 9.17) is 27.9 Å². The van der Waals surface area contributed by atoms with E-state index in [0.29, 0.717) is 10.2 Å². The number of hydrogen-bond donors (Lipinski definition) is 1. The number of pyridine rings is 1. The fourth-order valence-electron chi connectivity index (χ4n) is 2.84. The highest BCUT2D eigenvalue weighted by Gasteiger charge is 2.21. The fraction of sp³-hybridized carbons (Fsp3) is 0. The summed E-state index contributed by atoms with van der Waals surface area (Å²) in [5, 5.41) is 0.998. The van der Waals surface area contributed by atoms with Gasteiger partial charge in [0.15, 0.2) is 5.75 Å². The number of fused-ring (bicyclic) bond motifs is 1. The highest BCUT2D eigenvalue weighted by Crippen LogP contribution is 2.39. The number of para-hydroxylation sites is 1. The number of sulfonamides is 1. The summed E-state index contributed by atoms with van der Waals surface area (Å²) in [5.74, 6) is -0.353. The Bertz CT molecular complexity index is 1390. The van der Waals surface area contributed by atoms with Crippen LogP contribution in [0.1, 0.15) is 0 Å². The van der Waals surface area contributed by atoms with Crippen molar-refractivity contribution in [3.63, 3.8) is 0 Å². The van der Waals surface area contributed by atoms with Gasteiger partial charge in [-0.3, -0.25) is 9.71 Å². The second kappa shape index (κ2) is 8.63. The first-order valence-electron chi connectivity index (χ1n) is 8.72. The van der Waals surface area contributed by atoms with Crippen molar-refractivity contribution in [3.05, 3.63) is 87.2 Å². The van der Waals surface area contributed by atoms with Crippen LogP contribution in [0.3, 0.4) is 0 Å². The van der Waals surface area contributed by atoms with Crippen LogP contribution in [0.25, 0.3) is 10.9 Å². The Morgan fingerprint density at radius 2 is 1.71 bits per heavy atom. The Labute approximate surface area is 196 Å². The van der Waals surface area contributed by atoms with Gasteiger partial charge in [-0.05, 0) is 42.5 Å². The van der Waals surface area contributed by atoms with Gasteiger partial charge in [0.25, 0.3) is 10.0 Å². The van der Waals surface area contributed by atoms with Gasteiger partial charge < -0.3 is 4.74 Å². The van der Waals surface area contributed by atoms with E-state index < -0.39 is 20.7 Å². The summed E-state index contributed by atoms with van der Waals surface area (Å²) in [6.45, 7) is 0. The Morgan fingerprint density at radius 1 is 1.00 bits per heavy atom. The van der Waals surface area contributed by atoms with Crippen molar-refractivity contribution >= 4 is 65.7 Å². The number of anilines is 1. The molecule has 0 aliphatic rings. The van der Waals surface area contributed by atoms with Crippen LogP contribution in [0.15, 0.2) is 76.2 Å². The molecular formula is C21H12BrCl2FN2O3S. The van der Waals surface area contributed by atoms with Crippen molar-refractivity contribution in [2.24, 2.45) is 0 Å². The number of nitrogens with zero attached hydrogens (tertiary/aromatic N) is 1. The third-order valence-electron chi connectivity index (χ3n) is 4.22. The zero-order valence-electron chi connectivity index (χ0n) is 15.4. The van der Waals surface area contributed by atoms with Crippen molar-refractivity contribution in [1.82, 2.24) is 4.98 Å². The molecule has 0 aliphatic heterocycles. The Hall–Kier alpha value is -2.39. The van der Waals surface area contributed by atoms with E-state index in [9.17, 15) is 12.8 Å². The predicted octanol–water partition coefficient (Wildman–Crippen LogP) is 7.04. The molecule has 10 heteroatoms. The molecule has 3 aromatic carbocycles. The number of nitrogens with one attached hydrogen (secondary N) is 1. The van der Waals surface area contributed by atoms with Crippen molar-refractivity contribution < 1.29 is 17.5 Å². The highest BCUT2D eigenvalue weighted by molar-refractivity contribution is 9.10. The standard InChI is InChI=1S/C21H12BrCl2FN2O3S/c22-13-5-6-20(18(25)8-13)31(28,29)27-14-9-16(23)21(17(24)10-14)30-15-7-12-3-1-2-4-19(12)26-11-15/h1-11,27H. The minimum Gasteiger partial charge on any atom is -0.453 e. The molecule has 0 bridgehead atoms. The predicted molar refractivity (Wildman–Crippen MR) is 123 cm³/mol. The molecule has 0 radical (unpaired) electrons. The molecule has 0 amide bonds. The monoisotopic (exact) mass is 540 g/mol. The first-order valence-corrected chi connectivity index (χ1v) is 11.8. The van der Waals surface area contributed by atoms with Gasteiger partial charge in [0.05, 0.1) is 27.4 Å². The van der Waals surface area contributed by atoms with Gasteiger partial charge in [-0.1, -0.05) is 57.3 Å². The first-order chi connectivity index (χ1) is 14.7. The van der Waals surface area contributed by atoms with Gasteiger partial charge in [-0.25, -0.2) is 12.8 Å². The van der Waals surface area contributed by atoms with E-state index in [1.54, 1.807) is 6.07 Å². The maximum Gasteiger partial charge on any atom is 0.264 e. The number of ether oxygens (including phenoxy) is 1. The third kappa shape index (κ3) is 4.77. The van der Waals surface area contributed by atoms with Gasteiger partial charge in [0.1, 0.15) is 16.5 Å². The average Bonchev–Trinajstić information content (AvgIpc) is 2.70. The van der Waals surface area contributed by atoms with Crippen LogP contribution in [0.5, 0.6) is 11.5 Å². The molecule has 0 spiro atoms. The van der Waals surface area contributed by atoms with E-state index >= 15 is 0 Å². The zero-order valence-corrected chi connectivity index (χ0v) is 19.4. The van der Waals surface area contributed by atoms with E-state index in [1.165, 1.54) is 24.4 Å². The molecule has 0 aliphatic carbocycles. The van der Waals surface area contributed by atoms with Crippen LogP contribution in [0.4, 0.5) is 10.1 Å². The summed E-state index contributed by atoms with van der Waals surface area (Å²) in [6.07, 6.45) is 1.53. The number of aromatic nitrogens is 1. The Balaban J connectivity index is 1.62. The maximum atomic E-state index is 14.1. The van der Waals surface area contributed by atoms with Gasteiger partial charge in [-0.15, -0.1) is 0 Å². The molecule has 5 nitrogen and oxygen atoms in total. The molecule has 158 valence electrons. The minimum absolute atomic E-state index is 0.0568. The average molecular weight is 542 g/mol. The second-order valence-electron chi connectivity index (χ2n) is 6.42. The summed E-state index contributed by atoms with van der Waals surface area (Å²) in [7, 11) is -4.20. The third-order valence-corrected chi connectivity index (χ3v) is 6.69. The molecule has 0 fully saturated rings. The molecule has 1 aromatic heterocycles. The lowest BCUT2D eigenvalue weighted by molar-refractivity contribution is 0.482. The van der Waals surface area contributed by atoms with Crippen molar-refractivity contribution in [3.8, 4) is 11.5 Å². The van der Waals surface area contributed by atoms with E-state index in [1.807, 2.05) is 24.3 Å². The lowest BCUT2D eigenvalue weighted by Crippen LogP contribution is -2.14. The second-order valence-corrected chi connectivity index (χ2v) is 9.80. The van der Waals surface area contributed by atoms with Crippen LogP contribution >= 0.6 is 39.1 Å². The number of hydrogen-bond acceptors (Lipinski definition) is 4. The number of benzene rings is 3. The van der Waals surface area contributed by atoms with E-state index in [2.05, 4.69) is 25.6 Å². The molecular weight excluding hydrogens is 530 g/mol. The van der Waals surface area contributed by atoms with Crippen molar-refractivity contribution in [2.75, 3.05) is 4.72 Å². The van der Waals surface area contributed by atoms with Gasteiger partial charge >= 0.3 is 0 Å². The SMILES string of the molecule is O=S(=O)(Nc1cc(Cl)c(Oc2cnc3ccccc3c2)c(Cl)c1)c1ccc(Br)cc1F. The fourth-order valence-corrected chi connectivity index (χ4v) is 4.84. The van der Waals surface area contributed by atoms with Crippen molar-refractivity contribution in [1.29, 1.82) is 0 Å². The molecule has 0 saturated carbocycles. The molecule has 1 heterocycles. The summed E-state index contributed by atoms with van der Waals surface area (Å²) in [6, 6.07) is 15.6. The molecule has 31 heavy (non-hydrogen) atoms. The molecule has 1 N–H and O–H groups in total. The summed E-state index contributed by atoms with van der Waals surface area (Å²) in [4.78, 5) is 3.80. The summed E-state index contributed by atoms with van der Waals surface area (Å²) >= 11 is 15.7. The van der Waals surface area contributed by atoms with Gasteiger partial charge in [-0.2, -0.15) is 0 Å². The number of rotatable bonds is 5. The molecule has 0 unspecified atom stereocenters. The Kier molecular flexibility index (Phi) is 6.07. The van der Waals surface area contributed by atoms with E-state index in [0.717, 1.165) is 23.0 Å². The zero-order chi connectivity index (χ0) is 22.2. The van der Waals surface area contributed by atoms with Crippen LogP contribution in [-0.4, -0.2) is 13.4 Å². The molecule has 0 saturated heterocycles. The van der Waals surface area contributed by atoms with Gasteiger partial charge in [0, 0.05) is 9.86 Å². The minimum atomic E-state index is -4.20. The first kappa shape index (κ1) is 21.8. The number of halogens is 4. The molecule has 0 atom stereocenters. The summed E-state index contributed by atoms with van der Waals surface area (Å²) < 4.78 is 47.7. The summed E-state index contributed by atoms with van der Waals surface area (Å²) in [5.41, 5.74) is 0.860. The molecule has 4 aromatic rings. The molecule has 4 rings (SSSR count). The Morgan fingerprint density at radius 3 is 2.42 bits per heavy atom. The van der Waals surface area contributed by atoms with Crippen molar-refractivity contribution in [2.45, 2.75) is 4.90 Å². The lowest BCUT2D eigenvalue weighted by atomic mass is 10.2. The lowest BCUT2D eigenvalue weighted by Gasteiger charge is -2.14. The van der Waals surface area contributed by atoms with Crippen LogP contribution in [0.2, 0.25) is 10.0 Å². The maximum absolute atomic E-state index is 14.1. The highest BCUT2D eigenvalue weighted by atomic mass is 79.9. The quantitative estimate of drug-likeness (QED) is 0.294. The van der Waals surface area contributed by atoms with E-state index in [-0.39, 0.29) is 21.5 Å². The topological polar surface area (TPSA) is 68.3 Å². The van der Waals surface area contributed by atoms with Gasteiger partial charge in [0.2, 0.25) is 0 Å². The largest absolute Gasteiger partial charge is 0.453 e. The van der Waals surface area contributed by atoms with Crippen LogP contribution in [-0.2, 0) is 10.0 Å². The normalized spacial score (nSPS) is 11.5. The van der Waals surface area contributed by atoms with Crippen LogP contribution in [0, 0.1) is 5.82 Å². The van der Waals surface area contributed by atoms with Crippen LogP contribution < -0.4 is 9.46 Å². The smallest absolute Gasteiger partial charge is 0.264 e.